The van der Waals surface area contributed by atoms with Gasteiger partial charge in [0.25, 0.3) is 0 Å². The molecule has 1 heterocycles. The summed E-state index contributed by atoms with van der Waals surface area (Å²) < 4.78 is 6.35. The third kappa shape index (κ3) is 3.44. The van der Waals surface area contributed by atoms with Crippen LogP contribution in [0.1, 0.15) is 0 Å². The predicted molar refractivity (Wildman–Crippen MR) is 191 cm³/mol. The fourth-order valence-electron chi connectivity index (χ4n) is 7.75. The lowest BCUT2D eigenvalue weighted by molar-refractivity contribution is 0.669. The van der Waals surface area contributed by atoms with Gasteiger partial charge in [-0.25, -0.2) is 0 Å². The molecule has 0 amide bonds. The molecule has 208 valence electrons. The molecular formula is C44H26O. The highest BCUT2D eigenvalue weighted by molar-refractivity contribution is 6.30. The summed E-state index contributed by atoms with van der Waals surface area (Å²) in [5, 5.41) is 12.4. The van der Waals surface area contributed by atoms with E-state index in [1.54, 1.807) is 0 Å². The number of rotatable bonds is 3. The van der Waals surface area contributed by atoms with Crippen LogP contribution in [-0.4, -0.2) is 0 Å². The minimum absolute atomic E-state index is 0.939. The van der Waals surface area contributed by atoms with Gasteiger partial charge in [0, 0.05) is 10.8 Å². The molecule has 0 aliphatic heterocycles. The Bertz CT molecular complexity index is 2690. The second kappa shape index (κ2) is 9.29. The molecule has 0 aliphatic carbocycles. The second-order valence-corrected chi connectivity index (χ2v) is 12.0. The molecular weight excluding hydrogens is 544 g/mol. The van der Waals surface area contributed by atoms with E-state index >= 15 is 0 Å². The van der Waals surface area contributed by atoms with Crippen LogP contribution in [0.5, 0.6) is 0 Å². The second-order valence-electron chi connectivity index (χ2n) is 12.0. The van der Waals surface area contributed by atoms with E-state index in [0.717, 1.165) is 11.2 Å². The first kappa shape index (κ1) is 24.5. The van der Waals surface area contributed by atoms with Gasteiger partial charge in [-0.3, -0.25) is 0 Å². The molecule has 1 aromatic heterocycles. The van der Waals surface area contributed by atoms with Gasteiger partial charge in [-0.15, -0.1) is 0 Å². The lowest BCUT2D eigenvalue weighted by Crippen LogP contribution is -1.94. The summed E-state index contributed by atoms with van der Waals surface area (Å²) in [4.78, 5) is 0. The van der Waals surface area contributed by atoms with Gasteiger partial charge in [-0.1, -0.05) is 140 Å². The van der Waals surface area contributed by atoms with E-state index in [2.05, 4.69) is 158 Å². The van der Waals surface area contributed by atoms with Crippen molar-refractivity contribution in [1.29, 1.82) is 0 Å². The van der Waals surface area contributed by atoms with Crippen molar-refractivity contribution < 1.29 is 4.42 Å². The molecule has 0 unspecified atom stereocenters. The van der Waals surface area contributed by atoms with Crippen molar-refractivity contribution in [1.82, 2.24) is 0 Å². The fourth-order valence-corrected chi connectivity index (χ4v) is 7.75. The highest BCUT2D eigenvalue weighted by atomic mass is 16.3. The molecule has 1 heteroatoms. The van der Waals surface area contributed by atoms with E-state index in [9.17, 15) is 0 Å². The zero-order valence-electron chi connectivity index (χ0n) is 24.4. The third-order valence-corrected chi connectivity index (χ3v) is 9.63. The Morgan fingerprint density at radius 2 is 0.867 bits per heavy atom. The van der Waals surface area contributed by atoms with Crippen molar-refractivity contribution in [3.05, 3.63) is 158 Å². The molecule has 0 N–H and O–H groups in total. The summed E-state index contributed by atoms with van der Waals surface area (Å²) in [6.07, 6.45) is 0. The lowest BCUT2D eigenvalue weighted by Gasteiger charge is -2.21. The largest absolute Gasteiger partial charge is 0.456 e. The van der Waals surface area contributed by atoms with E-state index in [0.29, 0.717) is 0 Å². The summed E-state index contributed by atoms with van der Waals surface area (Å²) in [6, 6.07) is 57.4. The maximum absolute atomic E-state index is 6.35. The van der Waals surface area contributed by atoms with Gasteiger partial charge in [0.2, 0.25) is 0 Å². The SMILES string of the molecule is c1ccc(-c2ccc3ccccc3c2-c2c3ccccc3c(-c3ccc4oc5cccc6ccc3c4c65)c3ccccc23)cc1. The normalized spacial score (nSPS) is 12.0. The van der Waals surface area contributed by atoms with Crippen molar-refractivity contribution in [2.24, 2.45) is 0 Å². The van der Waals surface area contributed by atoms with E-state index in [1.807, 2.05) is 0 Å². The van der Waals surface area contributed by atoms with Crippen molar-refractivity contribution in [2.75, 3.05) is 0 Å². The molecule has 45 heavy (non-hydrogen) atoms. The van der Waals surface area contributed by atoms with Gasteiger partial charge in [-0.05, 0) is 94.7 Å². The van der Waals surface area contributed by atoms with E-state index in [4.69, 9.17) is 4.42 Å². The van der Waals surface area contributed by atoms with Gasteiger partial charge in [0.15, 0.2) is 0 Å². The topological polar surface area (TPSA) is 13.1 Å². The van der Waals surface area contributed by atoms with E-state index in [1.165, 1.54) is 87.2 Å². The Balaban J connectivity index is 1.39. The number of furan rings is 1. The van der Waals surface area contributed by atoms with Crippen LogP contribution in [0.4, 0.5) is 0 Å². The monoisotopic (exact) mass is 570 g/mol. The van der Waals surface area contributed by atoms with Gasteiger partial charge in [0.05, 0.1) is 0 Å². The minimum atomic E-state index is 0.939. The smallest absolute Gasteiger partial charge is 0.136 e. The fraction of sp³-hybridized carbons (Fsp3) is 0. The Labute approximate surface area is 259 Å². The Hall–Kier alpha value is -5.92. The Kier molecular flexibility index (Phi) is 5.06. The van der Waals surface area contributed by atoms with Crippen molar-refractivity contribution in [3.63, 3.8) is 0 Å². The zero-order chi connectivity index (χ0) is 29.5. The number of hydrogen-bond acceptors (Lipinski definition) is 1. The molecule has 0 spiro atoms. The average molecular weight is 571 g/mol. The van der Waals surface area contributed by atoms with Crippen LogP contribution >= 0.6 is 0 Å². The average Bonchev–Trinajstić information content (AvgIpc) is 3.50. The molecule has 0 bridgehead atoms. The van der Waals surface area contributed by atoms with Gasteiger partial charge < -0.3 is 4.42 Å². The quantitative estimate of drug-likeness (QED) is 0.152. The van der Waals surface area contributed by atoms with Crippen molar-refractivity contribution in [2.45, 2.75) is 0 Å². The van der Waals surface area contributed by atoms with Crippen LogP contribution in [0.2, 0.25) is 0 Å². The summed E-state index contributed by atoms with van der Waals surface area (Å²) >= 11 is 0. The first-order valence-electron chi connectivity index (χ1n) is 15.5. The molecule has 0 radical (unpaired) electrons. The first-order chi connectivity index (χ1) is 22.3. The minimum Gasteiger partial charge on any atom is -0.456 e. The summed E-state index contributed by atoms with van der Waals surface area (Å²) in [5.41, 5.74) is 9.40. The van der Waals surface area contributed by atoms with Crippen LogP contribution in [0.3, 0.4) is 0 Å². The zero-order valence-corrected chi connectivity index (χ0v) is 24.4. The molecule has 0 fully saturated rings. The lowest BCUT2D eigenvalue weighted by atomic mass is 9.81. The molecule has 0 atom stereocenters. The van der Waals surface area contributed by atoms with Crippen molar-refractivity contribution >= 4 is 65.0 Å². The van der Waals surface area contributed by atoms with Gasteiger partial charge in [-0.2, -0.15) is 0 Å². The van der Waals surface area contributed by atoms with Crippen LogP contribution in [0.15, 0.2) is 162 Å². The molecule has 10 aromatic rings. The highest BCUT2D eigenvalue weighted by Gasteiger charge is 2.23. The van der Waals surface area contributed by atoms with E-state index in [-0.39, 0.29) is 0 Å². The highest BCUT2D eigenvalue weighted by Crippen LogP contribution is 2.50. The number of benzene rings is 9. The Morgan fingerprint density at radius 1 is 0.289 bits per heavy atom. The summed E-state index contributed by atoms with van der Waals surface area (Å²) in [5.74, 6) is 0. The molecule has 0 saturated heterocycles. The number of fused-ring (bicyclic) bond motifs is 3. The van der Waals surface area contributed by atoms with Gasteiger partial charge >= 0.3 is 0 Å². The van der Waals surface area contributed by atoms with Crippen LogP contribution in [-0.2, 0) is 0 Å². The maximum atomic E-state index is 6.35. The van der Waals surface area contributed by atoms with Crippen LogP contribution < -0.4 is 0 Å². The van der Waals surface area contributed by atoms with E-state index < -0.39 is 0 Å². The summed E-state index contributed by atoms with van der Waals surface area (Å²) in [7, 11) is 0. The molecule has 9 aromatic carbocycles. The molecule has 0 saturated carbocycles. The standard InChI is InChI=1S/C44H26O/c1-2-11-27(12-3-1)31-23-21-28-13-4-5-15-30(28)42(31)43-34-18-8-6-16-32(34)41(33-17-7-9-19-35(33)43)36-25-26-39-44-37(36)24-22-29-14-10-20-38(45-39)40(29)44/h1-26H. The van der Waals surface area contributed by atoms with Crippen LogP contribution in [0, 0.1) is 0 Å². The molecule has 10 rings (SSSR count). The van der Waals surface area contributed by atoms with Gasteiger partial charge in [0.1, 0.15) is 11.2 Å². The Morgan fingerprint density at radius 3 is 1.62 bits per heavy atom. The molecule has 0 aliphatic rings. The van der Waals surface area contributed by atoms with Crippen LogP contribution in [0.25, 0.3) is 98.4 Å². The first-order valence-corrected chi connectivity index (χ1v) is 15.5. The number of hydrogen-bond donors (Lipinski definition) is 0. The molecule has 1 nitrogen and oxygen atoms in total. The van der Waals surface area contributed by atoms with Crippen molar-refractivity contribution in [3.8, 4) is 33.4 Å². The maximum Gasteiger partial charge on any atom is 0.136 e. The third-order valence-electron chi connectivity index (χ3n) is 9.63. The predicted octanol–water partition coefficient (Wildman–Crippen LogP) is 12.6. The summed E-state index contributed by atoms with van der Waals surface area (Å²) in [6.45, 7) is 0.